The molecule has 1 aliphatic rings. The molecule has 0 N–H and O–H groups in total. The summed E-state index contributed by atoms with van der Waals surface area (Å²) in [4.78, 5) is 7.22. The Morgan fingerprint density at radius 3 is 2.24 bits per heavy atom. The van der Waals surface area contributed by atoms with Crippen LogP contribution >= 0.6 is 0 Å². The zero-order chi connectivity index (χ0) is 23.2. The smallest absolute Gasteiger partial charge is 0.173 e. The van der Waals surface area contributed by atoms with Crippen molar-refractivity contribution in [3.63, 3.8) is 0 Å². The van der Waals surface area contributed by atoms with Crippen LogP contribution in [0.25, 0.3) is 0 Å². The van der Waals surface area contributed by atoms with E-state index in [4.69, 9.17) is 0 Å². The number of nitrogens with zero attached hydrogens (tertiary/aromatic N) is 7. The number of hydrogen-bond donors (Lipinski definition) is 0. The maximum Gasteiger partial charge on any atom is 0.173 e. The van der Waals surface area contributed by atoms with Gasteiger partial charge in [0.05, 0.1) is 6.04 Å². The van der Waals surface area contributed by atoms with Crippen molar-refractivity contribution >= 4 is 5.69 Å². The van der Waals surface area contributed by atoms with Gasteiger partial charge in [0.15, 0.2) is 5.82 Å². The van der Waals surface area contributed by atoms with Gasteiger partial charge in [-0.05, 0) is 46.0 Å². The summed E-state index contributed by atoms with van der Waals surface area (Å²) >= 11 is 0. The minimum Gasteiger partial charge on any atom is -0.378 e. The van der Waals surface area contributed by atoms with E-state index in [-0.39, 0.29) is 6.04 Å². The van der Waals surface area contributed by atoms with Crippen LogP contribution in [-0.2, 0) is 13.1 Å². The summed E-state index contributed by atoms with van der Waals surface area (Å²) in [5, 5.41) is 13.0. The van der Waals surface area contributed by atoms with Crippen molar-refractivity contribution in [1.29, 1.82) is 0 Å². The first-order valence-electron chi connectivity index (χ1n) is 12.0. The fourth-order valence-electron chi connectivity index (χ4n) is 4.45. The van der Waals surface area contributed by atoms with E-state index < -0.39 is 0 Å². The monoisotopic (exact) mass is 447 g/mol. The van der Waals surface area contributed by atoms with Crippen molar-refractivity contribution in [2.75, 3.05) is 45.2 Å². The van der Waals surface area contributed by atoms with Gasteiger partial charge in [-0.2, -0.15) is 0 Å². The van der Waals surface area contributed by atoms with E-state index in [9.17, 15) is 0 Å². The van der Waals surface area contributed by atoms with E-state index in [1.807, 2.05) is 4.68 Å². The molecule has 7 nitrogen and oxygen atoms in total. The average molecular weight is 448 g/mol. The lowest BCUT2D eigenvalue weighted by Crippen LogP contribution is -2.48. The van der Waals surface area contributed by atoms with E-state index in [0.29, 0.717) is 5.92 Å². The van der Waals surface area contributed by atoms with Gasteiger partial charge in [0, 0.05) is 59.1 Å². The molecule has 3 aromatic rings. The zero-order valence-corrected chi connectivity index (χ0v) is 20.4. The molecular weight excluding hydrogens is 410 g/mol. The molecule has 0 amide bonds. The number of hydrogen-bond acceptors (Lipinski definition) is 6. The molecule has 33 heavy (non-hydrogen) atoms. The summed E-state index contributed by atoms with van der Waals surface area (Å²) in [5.74, 6) is 1.56. The SMILES string of the molecule is CC(C)CCn1nnnc1C(c1ccc(N(C)C)cc1)N1CCN(Cc2ccccc2)CC1. The number of anilines is 1. The molecule has 2 heterocycles. The third kappa shape index (κ3) is 5.97. The van der Waals surface area contributed by atoms with Gasteiger partial charge in [-0.3, -0.25) is 9.80 Å². The van der Waals surface area contributed by atoms with Crippen LogP contribution in [0.2, 0.25) is 0 Å². The van der Waals surface area contributed by atoms with Crippen LogP contribution in [0.3, 0.4) is 0 Å². The third-order valence-electron chi connectivity index (χ3n) is 6.47. The second-order valence-corrected chi connectivity index (χ2v) is 9.63. The average Bonchev–Trinajstić information content (AvgIpc) is 3.28. The summed E-state index contributed by atoms with van der Waals surface area (Å²) in [6.07, 6.45) is 1.06. The van der Waals surface area contributed by atoms with Crippen LogP contribution in [0, 0.1) is 5.92 Å². The van der Waals surface area contributed by atoms with Crippen molar-refractivity contribution < 1.29 is 0 Å². The summed E-state index contributed by atoms with van der Waals surface area (Å²) in [6.45, 7) is 10.4. The van der Waals surface area contributed by atoms with Crippen molar-refractivity contribution in [2.24, 2.45) is 5.92 Å². The van der Waals surface area contributed by atoms with Gasteiger partial charge in [-0.15, -0.1) is 5.10 Å². The minimum absolute atomic E-state index is 0.0576. The molecule has 176 valence electrons. The summed E-state index contributed by atoms with van der Waals surface area (Å²) in [7, 11) is 4.15. The first kappa shape index (κ1) is 23.4. The topological polar surface area (TPSA) is 53.3 Å². The molecule has 1 fully saturated rings. The Morgan fingerprint density at radius 1 is 0.909 bits per heavy atom. The zero-order valence-electron chi connectivity index (χ0n) is 20.4. The van der Waals surface area contributed by atoms with E-state index in [0.717, 1.165) is 51.5 Å². The predicted molar refractivity (Wildman–Crippen MR) is 133 cm³/mol. The Bertz CT molecular complexity index is 973. The van der Waals surface area contributed by atoms with E-state index in [1.54, 1.807) is 0 Å². The van der Waals surface area contributed by atoms with E-state index in [2.05, 4.69) is 113 Å². The van der Waals surface area contributed by atoms with Crippen LogP contribution in [-0.4, -0.2) is 70.3 Å². The summed E-state index contributed by atoms with van der Waals surface area (Å²) < 4.78 is 2.01. The van der Waals surface area contributed by atoms with Gasteiger partial charge >= 0.3 is 0 Å². The minimum atomic E-state index is 0.0576. The van der Waals surface area contributed by atoms with E-state index >= 15 is 0 Å². The molecule has 1 aromatic heterocycles. The second-order valence-electron chi connectivity index (χ2n) is 9.63. The molecule has 0 bridgehead atoms. The number of rotatable bonds is 9. The molecule has 2 aromatic carbocycles. The van der Waals surface area contributed by atoms with Crippen LogP contribution in [0.4, 0.5) is 5.69 Å². The van der Waals surface area contributed by atoms with Gasteiger partial charge in [0.2, 0.25) is 0 Å². The quantitative estimate of drug-likeness (QED) is 0.499. The lowest BCUT2D eigenvalue weighted by molar-refractivity contribution is 0.0999. The Balaban J connectivity index is 1.54. The van der Waals surface area contributed by atoms with Crippen molar-refractivity contribution in [1.82, 2.24) is 30.0 Å². The lowest BCUT2D eigenvalue weighted by Gasteiger charge is -2.39. The molecule has 1 saturated heterocycles. The molecule has 7 heteroatoms. The number of piperazine rings is 1. The maximum atomic E-state index is 4.53. The number of aromatic nitrogens is 4. The molecule has 4 rings (SSSR count). The highest BCUT2D eigenvalue weighted by Gasteiger charge is 2.30. The standard InChI is InChI=1S/C26H37N7/c1-21(2)14-15-33-26(27-28-29-33)25(23-10-12-24(13-11-23)30(3)4)32-18-16-31(17-19-32)20-22-8-6-5-7-9-22/h5-13,21,25H,14-20H2,1-4H3. The fourth-order valence-corrected chi connectivity index (χ4v) is 4.45. The van der Waals surface area contributed by atoms with Crippen molar-refractivity contribution in [3.8, 4) is 0 Å². The van der Waals surface area contributed by atoms with Crippen LogP contribution in [0.15, 0.2) is 54.6 Å². The molecule has 1 atom stereocenters. The molecule has 0 aliphatic carbocycles. The fraction of sp³-hybridized carbons (Fsp3) is 0.500. The Hall–Kier alpha value is -2.77. The number of benzene rings is 2. The van der Waals surface area contributed by atoms with Crippen LogP contribution in [0.1, 0.15) is 43.3 Å². The Morgan fingerprint density at radius 2 is 1.61 bits per heavy atom. The summed E-state index contributed by atoms with van der Waals surface area (Å²) in [6, 6.07) is 19.7. The third-order valence-corrected chi connectivity index (χ3v) is 6.47. The number of tetrazole rings is 1. The molecule has 0 saturated carbocycles. The maximum absolute atomic E-state index is 4.53. The second kappa shape index (κ2) is 10.9. The van der Waals surface area contributed by atoms with Crippen molar-refractivity contribution in [3.05, 3.63) is 71.5 Å². The van der Waals surface area contributed by atoms with Gasteiger partial charge in [0.1, 0.15) is 0 Å². The first-order valence-corrected chi connectivity index (χ1v) is 12.0. The van der Waals surface area contributed by atoms with Gasteiger partial charge < -0.3 is 4.90 Å². The molecular formula is C26H37N7. The molecule has 0 spiro atoms. The number of aryl methyl sites for hydroxylation is 1. The largest absolute Gasteiger partial charge is 0.378 e. The van der Waals surface area contributed by atoms with Gasteiger partial charge in [-0.25, -0.2) is 4.68 Å². The highest BCUT2D eigenvalue weighted by atomic mass is 15.6. The molecule has 1 aliphatic heterocycles. The lowest BCUT2D eigenvalue weighted by atomic mass is 10.0. The highest BCUT2D eigenvalue weighted by Crippen LogP contribution is 2.30. The van der Waals surface area contributed by atoms with Crippen molar-refractivity contribution in [2.45, 2.75) is 39.4 Å². The van der Waals surface area contributed by atoms with E-state index in [1.165, 1.54) is 16.8 Å². The van der Waals surface area contributed by atoms with Gasteiger partial charge in [0.25, 0.3) is 0 Å². The van der Waals surface area contributed by atoms with Crippen LogP contribution in [0.5, 0.6) is 0 Å². The van der Waals surface area contributed by atoms with Gasteiger partial charge in [-0.1, -0.05) is 56.3 Å². The molecule has 0 radical (unpaired) electrons. The Kier molecular flexibility index (Phi) is 7.73. The highest BCUT2D eigenvalue weighted by molar-refractivity contribution is 5.47. The van der Waals surface area contributed by atoms with Crippen LogP contribution < -0.4 is 4.90 Å². The summed E-state index contributed by atoms with van der Waals surface area (Å²) in [5.41, 5.74) is 3.82. The first-order chi connectivity index (χ1) is 16.0. The predicted octanol–water partition coefficient (Wildman–Crippen LogP) is 3.69. The Labute approximate surface area is 198 Å². The molecule has 1 unspecified atom stereocenters. The normalized spacial score (nSPS) is 16.3.